The van der Waals surface area contributed by atoms with Gasteiger partial charge in [0, 0.05) is 32.3 Å². The molecule has 0 atom stereocenters. The molecule has 1 fully saturated rings. The van der Waals surface area contributed by atoms with Crippen molar-refractivity contribution in [3.63, 3.8) is 0 Å². The summed E-state index contributed by atoms with van der Waals surface area (Å²) >= 11 is 0. The fraction of sp³-hybridized carbons (Fsp3) is 0.632. The lowest BCUT2D eigenvalue weighted by molar-refractivity contribution is -0.134. The molecule has 5 nitrogen and oxygen atoms in total. The molecule has 1 aromatic carbocycles. The van der Waals surface area contributed by atoms with Crippen LogP contribution in [0.5, 0.6) is 5.75 Å². The molecule has 0 aliphatic carbocycles. The largest absolute Gasteiger partial charge is 0.494 e. The van der Waals surface area contributed by atoms with Gasteiger partial charge in [0.1, 0.15) is 5.75 Å². The molecule has 0 aromatic heterocycles. The number of hydrogen-bond acceptors (Lipinski definition) is 4. The number of hydrogen-bond donors (Lipinski definition) is 0. The van der Waals surface area contributed by atoms with Gasteiger partial charge in [-0.15, -0.1) is 0 Å². The fourth-order valence-electron chi connectivity index (χ4n) is 2.96. The molecule has 134 valence electrons. The van der Waals surface area contributed by atoms with E-state index in [-0.39, 0.29) is 5.91 Å². The summed E-state index contributed by atoms with van der Waals surface area (Å²) in [5.41, 5.74) is 1.03. The summed E-state index contributed by atoms with van der Waals surface area (Å²) in [6.45, 7) is 5.77. The van der Waals surface area contributed by atoms with Crippen LogP contribution in [-0.4, -0.2) is 68.8 Å². The van der Waals surface area contributed by atoms with Gasteiger partial charge in [0.05, 0.1) is 13.0 Å². The molecule has 0 radical (unpaired) electrons. The number of amides is 1. The third kappa shape index (κ3) is 5.80. The molecule has 1 heterocycles. The second-order valence-corrected chi connectivity index (χ2v) is 6.49. The Morgan fingerprint density at radius 2 is 1.83 bits per heavy atom. The van der Waals surface area contributed by atoms with E-state index in [0.29, 0.717) is 19.1 Å². The SMILES string of the molecule is CCOc1ccc(CC(=O)N(CCN(C)C)C2CCOCC2)cc1. The lowest BCUT2D eigenvalue weighted by Gasteiger charge is -2.35. The Labute approximate surface area is 145 Å². The number of likely N-dealkylation sites (N-methyl/N-ethyl adjacent to an activating group) is 1. The van der Waals surface area contributed by atoms with Crippen LogP contribution in [0.1, 0.15) is 25.3 Å². The first kappa shape index (κ1) is 18.7. The highest BCUT2D eigenvalue weighted by Gasteiger charge is 2.25. The third-order valence-electron chi connectivity index (χ3n) is 4.33. The molecule has 2 rings (SSSR count). The van der Waals surface area contributed by atoms with Gasteiger partial charge in [-0.25, -0.2) is 0 Å². The van der Waals surface area contributed by atoms with E-state index in [9.17, 15) is 4.79 Å². The molecular formula is C19H30N2O3. The van der Waals surface area contributed by atoms with Crippen molar-refractivity contribution in [2.24, 2.45) is 0 Å². The third-order valence-corrected chi connectivity index (χ3v) is 4.33. The normalized spacial score (nSPS) is 15.5. The molecule has 0 saturated carbocycles. The van der Waals surface area contributed by atoms with Crippen molar-refractivity contribution in [1.29, 1.82) is 0 Å². The zero-order chi connectivity index (χ0) is 17.4. The second-order valence-electron chi connectivity index (χ2n) is 6.49. The molecule has 1 aromatic rings. The Morgan fingerprint density at radius 1 is 1.17 bits per heavy atom. The predicted octanol–water partition coefficient (Wildman–Crippen LogP) is 2.20. The van der Waals surface area contributed by atoms with Crippen LogP contribution in [0, 0.1) is 0 Å². The zero-order valence-electron chi connectivity index (χ0n) is 15.2. The van der Waals surface area contributed by atoms with Gasteiger partial charge in [-0.2, -0.15) is 0 Å². The number of ether oxygens (including phenoxy) is 2. The molecule has 24 heavy (non-hydrogen) atoms. The van der Waals surface area contributed by atoms with Gasteiger partial charge in [0.15, 0.2) is 0 Å². The van der Waals surface area contributed by atoms with Gasteiger partial charge >= 0.3 is 0 Å². The highest BCUT2D eigenvalue weighted by Crippen LogP contribution is 2.17. The van der Waals surface area contributed by atoms with Gasteiger partial charge < -0.3 is 19.3 Å². The number of benzene rings is 1. The first-order valence-corrected chi connectivity index (χ1v) is 8.84. The van der Waals surface area contributed by atoms with Crippen LogP contribution in [0.3, 0.4) is 0 Å². The molecule has 0 N–H and O–H groups in total. The zero-order valence-corrected chi connectivity index (χ0v) is 15.2. The molecule has 1 amide bonds. The van der Waals surface area contributed by atoms with Crippen molar-refractivity contribution in [1.82, 2.24) is 9.80 Å². The van der Waals surface area contributed by atoms with Crippen LogP contribution < -0.4 is 4.74 Å². The minimum atomic E-state index is 0.202. The van der Waals surface area contributed by atoms with Crippen LogP contribution in [0.2, 0.25) is 0 Å². The smallest absolute Gasteiger partial charge is 0.227 e. The first-order chi connectivity index (χ1) is 11.6. The van der Waals surface area contributed by atoms with Crippen LogP contribution >= 0.6 is 0 Å². The summed E-state index contributed by atoms with van der Waals surface area (Å²) in [4.78, 5) is 17.0. The average molecular weight is 334 g/mol. The first-order valence-electron chi connectivity index (χ1n) is 8.84. The Kier molecular flexibility index (Phi) is 7.53. The summed E-state index contributed by atoms with van der Waals surface area (Å²) in [6, 6.07) is 8.14. The number of carbonyl (C=O) groups excluding carboxylic acids is 1. The lowest BCUT2D eigenvalue weighted by atomic mass is 10.0. The number of rotatable bonds is 8. The molecule has 0 bridgehead atoms. The summed E-state index contributed by atoms with van der Waals surface area (Å²) in [5.74, 6) is 1.05. The van der Waals surface area contributed by atoms with Crippen LogP contribution in [0.4, 0.5) is 0 Å². The number of carbonyl (C=O) groups is 1. The average Bonchev–Trinajstić information content (AvgIpc) is 2.58. The van der Waals surface area contributed by atoms with E-state index in [0.717, 1.165) is 50.5 Å². The van der Waals surface area contributed by atoms with Crippen LogP contribution in [-0.2, 0) is 16.0 Å². The highest BCUT2D eigenvalue weighted by molar-refractivity contribution is 5.79. The van der Waals surface area contributed by atoms with Gasteiger partial charge in [0.2, 0.25) is 5.91 Å². The monoisotopic (exact) mass is 334 g/mol. The van der Waals surface area contributed by atoms with E-state index in [1.165, 1.54) is 0 Å². The molecular weight excluding hydrogens is 304 g/mol. The van der Waals surface area contributed by atoms with E-state index in [4.69, 9.17) is 9.47 Å². The molecule has 5 heteroatoms. The quantitative estimate of drug-likeness (QED) is 0.731. The minimum absolute atomic E-state index is 0.202. The van der Waals surface area contributed by atoms with E-state index in [1.54, 1.807) is 0 Å². The summed E-state index contributed by atoms with van der Waals surface area (Å²) in [7, 11) is 4.08. The Morgan fingerprint density at radius 3 is 2.42 bits per heavy atom. The topological polar surface area (TPSA) is 42.0 Å². The number of nitrogens with zero attached hydrogens (tertiary/aromatic N) is 2. The molecule has 1 aliphatic rings. The Hall–Kier alpha value is -1.59. The van der Waals surface area contributed by atoms with Crippen molar-refractivity contribution >= 4 is 5.91 Å². The van der Waals surface area contributed by atoms with Crippen molar-refractivity contribution in [2.75, 3.05) is 47.0 Å². The van der Waals surface area contributed by atoms with Crippen molar-refractivity contribution in [2.45, 2.75) is 32.2 Å². The van der Waals surface area contributed by atoms with E-state index < -0.39 is 0 Å². The van der Waals surface area contributed by atoms with Gasteiger partial charge in [-0.1, -0.05) is 12.1 Å². The maximum atomic E-state index is 12.9. The second kappa shape index (κ2) is 9.64. The maximum Gasteiger partial charge on any atom is 0.227 e. The van der Waals surface area contributed by atoms with E-state index in [1.807, 2.05) is 45.3 Å². The van der Waals surface area contributed by atoms with Gasteiger partial charge in [-0.05, 0) is 51.6 Å². The van der Waals surface area contributed by atoms with Gasteiger partial charge in [-0.3, -0.25) is 4.79 Å². The standard InChI is InChI=1S/C19H30N2O3/c1-4-24-18-7-5-16(6-8-18)15-19(22)21(12-11-20(2)3)17-9-13-23-14-10-17/h5-8,17H,4,9-15H2,1-3H3. The lowest BCUT2D eigenvalue weighted by Crippen LogP contribution is -2.46. The van der Waals surface area contributed by atoms with Crippen molar-refractivity contribution in [3.05, 3.63) is 29.8 Å². The summed E-state index contributed by atoms with van der Waals surface area (Å²) in [6.07, 6.45) is 2.31. The minimum Gasteiger partial charge on any atom is -0.494 e. The van der Waals surface area contributed by atoms with Crippen molar-refractivity contribution < 1.29 is 14.3 Å². The highest BCUT2D eigenvalue weighted by atomic mass is 16.5. The maximum absolute atomic E-state index is 12.9. The van der Waals surface area contributed by atoms with E-state index in [2.05, 4.69) is 9.80 Å². The van der Waals surface area contributed by atoms with Gasteiger partial charge in [0.25, 0.3) is 0 Å². The molecule has 1 saturated heterocycles. The van der Waals surface area contributed by atoms with Crippen LogP contribution in [0.15, 0.2) is 24.3 Å². The molecule has 0 unspecified atom stereocenters. The van der Waals surface area contributed by atoms with Crippen molar-refractivity contribution in [3.8, 4) is 5.75 Å². The Bertz CT molecular complexity index is 496. The molecule has 1 aliphatic heterocycles. The fourth-order valence-corrected chi connectivity index (χ4v) is 2.96. The Balaban J connectivity index is 1.99. The van der Waals surface area contributed by atoms with Crippen LogP contribution in [0.25, 0.3) is 0 Å². The summed E-state index contributed by atoms with van der Waals surface area (Å²) < 4.78 is 10.9. The predicted molar refractivity (Wildman–Crippen MR) is 95.4 cm³/mol. The molecule has 0 spiro atoms. The summed E-state index contributed by atoms with van der Waals surface area (Å²) in [5, 5.41) is 0. The van der Waals surface area contributed by atoms with E-state index >= 15 is 0 Å².